The Morgan fingerprint density at radius 1 is 1.30 bits per heavy atom. The number of aromatic amines is 2. The van der Waals surface area contributed by atoms with Crippen LogP contribution in [0.3, 0.4) is 0 Å². The highest BCUT2D eigenvalue weighted by Gasteiger charge is 2.28. The molecule has 2 amide bonds. The molecule has 1 unspecified atom stereocenters. The molecule has 1 aromatic carbocycles. The molecular formula is C21H22N4O3S2. The number of carbonyl (C=O) groups is 2. The first-order valence-electron chi connectivity index (χ1n) is 9.87. The first-order valence-corrected chi connectivity index (χ1v) is 11.2. The van der Waals surface area contributed by atoms with Crippen molar-refractivity contribution >= 4 is 46.3 Å². The second-order valence-corrected chi connectivity index (χ2v) is 8.77. The normalized spacial score (nSPS) is 14.4. The molecule has 7 nitrogen and oxygen atoms in total. The molecule has 9 heteroatoms. The van der Waals surface area contributed by atoms with E-state index >= 15 is 0 Å². The quantitative estimate of drug-likeness (QED) is 0.529. The molecule has 30 heavy (non-hydrogen) atoms. The molecule has 3 heterocycles. The average molecular weight is 443 g/mol. The van der Waals surface area contributed by atoms with Crippen molar-refractivity contribution in [3.8, 4) is 0 Å². The number of hydrogen-bond acceptors (Lipinski definition) is 5. The molecule has 4 rings (SSSR count). The summed E-state index contributed by atoms with van der Waals surface area (Å²) in [5.74, 6) is -0.407. The van der Waals surface area contributed by atoms with Crippen LogP contribution in [0.15, 0.2) is 34.4 Å². The van der Waals surface area contributed by atoms with Gasteiger partial charge in [0.2, 0.25) is 5.91 Å². The fourth-order valence-electron chi connectivity index (χ4n) is 3.76. The summed E-state index contributed by atoms with van der Waals surface area (Å²) in [6.45, 7) is 3.24. The third kappa shape index (κ3) is 4.08. The maximum Gasteiger partial charge on any atom is 0.259 e. The van der Waals surface area contributed by atoms with Crippen molar-refractivity contribution in [2.45, 2.75) is 38.8 Å². The molecule has 1 aliphatic rings. The summed E-state index contributed by atoms with van der Waals surface area (Å²) in [6.07, 6.45) is 2.19. The van der Waals surface area contributed by atoms with E-state index in [2.05, 4.69) is 26.7 Å². The summed E-state index contributed by atoms with van der Waals surface area (Å²) >= 11 is 6.73. The highest BCUT2D eigenvalue weighted by molar-refractivity contribution is 7.71. The standard InChI is InChI=1S/C21H22N4O3S2/c1-2-3-15(20(28)25-8-6-17-13(11-25)7-9-30-17)22-18(26)12-4-5-14-16(10-12)23-21(29)24-19(14)27/h4-5,7,9-10,15H,2-3,6,8,11H2,1H3,(H,22,26)(H2,23,24,27,29). The van der Waals surface area contributed by atoms with Crippen molar-refractivity contribution in [1.29, 1.82) is 0 Å². The van der Waals surface area contributed by atoms with Crippen LogP contribution in [-0.2, 0) is 17.8 Å². The number of thiophene rings is 1. The molecule has 1 aliphatic heterocycles. The van der Waals surface area contributed by atoms with Crippen LogP contribution in [0, 0.1) is 4.77 Å². The summed E-state index contributed by atoms with van der Waals surface area (Å²) in [5, 5.41) is 5.36. The van der Waals surface area contributed by atoms with E-state index in [0.717, 1.165) is 12.8 Å². The zero-order valence-electron chi connectivity index (χ0n) is 16.5. The highest BCUT2D eigenvalue weighted by atomic mass is 32.1. The Morgan fingerprint density at radius 2 is 2.13 bits per heavy atom. The smallest absolute Gasteiger partial charge is 0.259 e. The molecule has 156 valence electrons. The molecule has 3 N–H and O–H groups in total. The van der Waals surface area contributed by atoms with Gasteiger partial charge in [0.1, 0.15) is 6.04 Å². The fourth-order valence-corrected chi connectivity index (χ4v) is 4.85. The van der Waals surface area contributed by atoms with E-state index in [1.54, 1.807) is 29.5 Å². The third-order valence-electron chi connectivity index (χ3n) is 5.30. The summed E-state index contributed by atoms with van der Waals surface area (Å²) in [6, 6.07) is 6.22. The largest absolute Gasteiger partial charge is 0.340 e. The molecule has 3 aromatic rings. The van der Waals surface area contributed by atoms with Gasteiger partial charge >= 0.3 is 0 Å². The van der Waals surface area contributed by atoms with Gasteiger partial charge < -0.3 is 15.2 Å². The lowest BCUT2D eigenvalue weighted by Crippen LogP contribution is -2.49. The van der Waals surface area contributed by atoms with E-state index in [4.69, 9.17) is 12.2 Å². The maximum absolute atomic E-state index is 13.1. The summed E-state index contributed by atoms with van der Waals surface area (Å²) in [7, 11) is 0. The van der Waals surface area contributed by atoms with Gasteiger partial charge in [-0.15, -0.1) is 11.3 Å². The van der Waals surface area contributed by atoms with Crippen LogP contribution in [0.5, 0.6) is 0 Å². The van der Waals surface area contributed by atoms with Gasteiger partial charge in [-0.05, 0) is 60.3 Å². The van der Waals surface area contributed by atoms with E-state index in [9.17, 15) is 14.4 Å². The molecule has 0 fully saturated rings. The fraction of sp³-hybridized carbons (Fsp3) is 0.333. The minimum Gasteiger partial charge on any atom is -0.340 e. The Morgan fingerprint density at radius 3 is 2.93 bits per heavy atom. The average Bonchev–Trinajstić information content (AvgIpc) is 3.20. The number of amides is 2. The zero-order chi connectivity index (χ0) is 21.3. The van der Waals surface area contributed by atoms with Gasteiger partial charge in [0, 0.05) is 23.5 Å². The molecule has 0 radical (unpaired) electrons. The lowest BCUT2D eigenvalue weighted by Gasteiger charge is -2.31. The Kier molecular flexibility index (Phi) is 5.83. The maximum atomic E-state index is 13.1. The number of hydrogen-bond donors (Lipinski definition) is 3. The Hall–Kier alpha value is -2.78. The number of fused-ring (bicyclic) bond motifs is 2. The number of nitrogens with one attached hydrogen (secondary N) is 3. The first kappa shape index (κ1) is 20.5. The molecular weight excluding hydrogens is 420 g/mol. The van der Waals surface area contributed by atoms with Gasteiger partial charge in [0.15, 0.2) is 4.77 Å². The van der Waals surface area contributed by atoms with Crippen LogP contribution >= 0.6 is 23.6 Å². The molecule has 0 spiro atoms. The molecule has 1 atom stereocenters. The van der Waals surface area contributed by atoms with E-state index in [1.807, 2.05) is 11.8 Å². The third-order valence-corrected chi connectivity index (χ3v) is 6.53. The van der Waals surface area contributed by atoms with Gasteiger partial charge in [0.25, 0.3) is 11.5 Å². The lowest BCUT2D eigenvalue weighted by atomic mass is 10.1. The summed E-state index contributed by atoms with van der Waals surface area (Å²) < 4.78 is 0.196. The van der Waals surface area contributed by atoms with Crippen molar-refractivity contribution in [2.24, 2.45) is 0 Å². The van der Waals surface area contributed by atoms with Crippen LogP contribution in [0.25, 0.3) is 10.9 Å². The van der Waals surface area contributed by atoms with Crippen LogP contribution in [0.4, 0.5) is 0 Å². The molecule has 0 saturated carbocycles. The second kappa shape index (κ2) is 8.53. The minimum atomic E-state index is -0.587. The molecule has 2 aromatic heterocycles. The summed E-state index contributed by atoms with van der Waals surface area (Å²) in [5.41, 5.74) is 1.73. The monoisotopic (exact) mass is 442 g/mol. The van der Waals surface area contributed by atoms with Crippen LogP contribution in [0.1, 0.15) is 40.6 Å². The van der Waals surface area contributed by atoms with E-state index in [-0.39, 0.29) is 22.1 Å². The van der Waals surface area contributed by atoms with Crippen LogP contribution in [-0.4, -0.2) is 39.3 Å². The van der Waals surface area contributed by atoms with Gasteiger partial charge in [-0.1, -0.05) is 13.3 Å². The van der Waals surface area contributed by atoms with Gasteiger partial charge in [-0.25, -0.2) is 0 Å². The van der Waals surface area contributed by atoms with Crippen molar-refractivity contribution in [2.75, 3.05) is 6.54 Å². The topological polar surface area (TPSA) is 98.1 Å². The Labute approximate surface area is 182 Å². The lowest BCUT2D eigenvalue weighted by molar-refractivity contribution is -0.134. The van der Waals surface area contributed by atoms with Crippen molar-refractivity contribution in [3.63, 3.8) is 0 Å². The molecule has 0 saturated heterocycles. The first-order chi connectivity index (χ1) is 14.5. The van der Waals surface area contributed by atoms with E-state index < -0.39 is 6.04 Å². The van der Waals surface area contributed by atoms with E-state index in [1.165, 1.54) is 10.4 Å². The number of nitrogens with zero attached hydrogens (tertiary/aromatic N) is 1. The minimum absolute atomic E-state index is 0.0568. The van der Waals surface area contributed by atoms with Gasteiger partial charge in [0.05, 0.1) is 10.9 Å². The highest BCUT2D eigenvalue weighted by Crippen LogP contribution is 2.24. The number of benzene rings is 1. The summed E-state index contributed by atoms with van der Waals surface area (Å²) in [4.78, 5) is 46.6. The van der Waals surface area contributed by atoms with Gasteiger partial charge in [-0.2, -0.15) is 0 Å². The van der Waals surface area contributed by atoms with Crippen LogP contribution in [0.2, 0.25) is 0 Å². The van der Waals surface area contributed by atoms with Crippen molar-refractivity contribution in [1.82, 2.24) is 20.2 Å². The SMILES string of the molecule is CCCC(NC(=O)c1ccc2c(=O)[nH]c(=S)[nH]c2c1)C(=O)N1CCc2sccc2C1. The number of aromatic nitrogens is 2. The van der Waals surface area contributed by atoms with E-state index in [0.29, 0.717) is 36.0 Å². The predicted octanol–water partition coefficient (Wildman–Crippen LogP) is 3.13. The zero-order valence-corrected chi connectivity index (χ0v) is 18.1. The number of rotatable bonds is 5. The van der Waals surface area contributed by atoms with Crippen LogP contribution < -0.4 is 10.9 Å². The Bertz CT molecular complexity index is 1230. The van der Waals surface area contributed by atoms with Gasteiger partial charge in [-0.3, -0.25) is 19.4 Å². The number of H-pyrrole nitrogens is 2. The van der Waals surface area contributed by atoms with Crippen molar-refractivity contribution < 1.29 is 9.59 Å². The van der Waals surface area contributed by atoms with Crippen molar-refractivity contribution in [3.05, 3.63) is 60.8 Å². The Balaban J connectivity index is 1.53. The predicted molar refractivity (Wildman–Crippen MR) is 119 cm³/mol. The molecule has 0 bridgehead atoms. The molecule has 0 aliphatic carbocycles. The second-order valence-electron chi connectivity index (χ2n) is 7.36. The number of carbonyl (C=O) groups excluding carboxylic acids is 2.